The van der Waals surface area contributed by atoms with Crippen molar-refractivity contribution < 1.29 is 4.74 Å². The number of alkyl halides is 1. The van der Waals surface area contributed by atoms with Crippen molar-refractivity contribution >= 4 is 23.2 Å². The Labute approximate surface area is 136 Å². The third kappa shape index (κ3) is 4.15. The highest BCUT2D eigenvalue weighted by molar-refractivity contribution is 6.30. The highest BCUT2D eigenvalue weighted by atomic mass is 35.5. The van der Waals surface area contributed by atoms with Gasteiger partial charge < -0.3 is 4.74 Å². The van der Waals surface area contributed by atoms with Crippen molar-refractivity contribution in [3.8, 4) is 5.75 Å². The van der Waals surface area contributed by atoms with Crippen molar-refractivity contribution in [1.29, 1.82) is 0 Å². The molecular formula is C18H20Cl2O. The number of hydrogen-bond donors (Lipinski definition) is 0. The van der Waals surface area contributed by atoms with Crippen LogP contribution in [0, 0.1) is 0 Å². The van der Waals surface area contributed by atoms with Gasteiger partial charge in [-0.25, -0.2) is 0 Å². The molecular weight excluding hydrogens is 303 g/mol. The number of methoxy groups -OCH3 is 1. The van der Waals surface area contributed by atoms with Crippen LogP contribution in [0.4, 0.5) is 0 Å². The van der Waals surface area contributed by atoms with Crippen LogP contribution >= 0.6 is 23.2 Å². The van der Waals surface area contributed by atoms with Gasteiger partial charge in [-0.2, -0.15) is 0 Å². The van der Waals surface area contributed by atoms with Gasteiger partial charge in [-0.1, -0.05) is 55.3 Å². The largest absolute Gasteiger partial charge is 0.496 e. The predicted molar refractivity (Wildman–Crippen MR) is 90.8 cm³/mol. The van der Waals surface area contributed by atoms with E-state index < -0.39 is 0 Å². The van der Waals surface area contributed by atoms with Gasteiger partial charge in [0, 0.05) is 10.6 Å². The van der Waals surface area contributed by atoms with Crippen molar-refractivity contribution in [1.82, 2.24) is 0 Å². The topological polar surface area (TPSA) is 9.23 Å². The molecule has 2 rings (SSSR count). The number of unbranched alkanes of at least 4 members (excludes halogenated alkanes) is 1. The summed E-state index contributed by atoms with van der Waals surface area (Å²) in [5, 5.41) is 0.409. The van der Waals surface area contributed by atoms with E-state index in [2.05, 4.69) is 31.2 Å². The summed E-state index contributed by atoms with van der Waals surface area (Å²) in [6.07, 6.45) is 3.55. The lowest BCUT2D eigenvalue weighted by Gasteiger charge is -2.15. The van der Waals surface area contributed by atoms with E-state index in [4.69, 9.17) is 27.9 Å². The lowest BCUT2D eigenvalue weighted by Crippen LogP contribution is -1.98. The molecule has 0 heterocycles. The maximum absolute atomic E-state index is 6.60. The van der Waals surface area contributed by atoms with E-state index in [0.717, 1.165) is 23.3 Å². The molecule has 0 saturated carbocycles. The van der Waals surface area contributed by atoms with E-state index in [0.29, 0.717) is 5.02 Å². The Bertz CT molecular complexity index is 578. The Hall–Kier alpha value is -1.18. The predicted octanol–water partition coefficient (Wildman–Crippen LogP) is 6.02. The molecule has 21 heavy (non-hydrogen) atoms. The van der Waals surface area contributed by atoms with Gasteiger partial charge in [0.15, 0.2) is 0 Å². The first kappa shape index (κ1) is 16.2. The van der Waals surface area contributed by atoms with Crippen molar-refractivity contribution in [2.24, 2.45) is 0 Å². The number of rotatable bonds is 6. The molecule has 3 heteroatoms. The number of hydrogen-bond acceptors (Lipinski definition) is 1. The van der Waals surface area contributed by atoms with Crippen LogP contribution in [0.1, 0.15) is 41.8 Å². The molecule has 2 aromatic rings. The lowest BCUT2D eigenvalue weighted by molar-refractivity contribution is 0.410. The zero-order valence-corrected chi connectivity index (χ0v) is 13.9. The van der Waals surface area contributed by atoms with E-state index >= 15 is 0 Å². The number of halogens is 2. The first-order valence-electron chi connectivity index (χ1n) is 7.22. The minimum atomic E-state index is -0.238. The molecule has 0 radical (unpaired) electrons. The van der Waals surface area contributed by atoms with Gasteiger partial charge in [-0.3, -0.25) is 0 Å². The summed E-state index contributed by atoms with van der Waals surface area (Å²) in [4.78, 5) is 0. The van der Waals surface area contributed by atoms with E-state index in [1.165, 1.54) is 18.4 Å². The fourth-order valence-corrected chi connectivity index (χ4v) is 2.80. The Kier molecular flexibility index (Phi) is 5.96. The Morgan fingerprint density at radius 1 is 1.10 bits per heavy atom. The fraction of sp³-hybridized carbons (Fsp3) is 0.333. The van der Waals surface area contributed by atoms with Crippen molar-refractivity contribution in [2.75, 3.05) is 7.11 Å². The number of benzene rings is 2. The van der Waals surface area contributed by atoms with Crippen LogP contribution in [0.15, 0.2) is 42.5 Å². The molecule has 1 unspecified atom stereocenters. The van der Waals surface area contributed by atoms with Crippen LogP contribution in [-0.4, -0.2) is 7.11 Å². The van der Waals surface area contributed by atoms with Gasteiger partial charge in [-0.15, -0.1) is 11.6 Å². The molecule has 0 fully saturated rings. The minimum Gasteiger partial charge on any atom is -0.496 e. The number of aryl methyl sites for hydroxylation is 1. The van der Waals surface area contributed by atoms with E-state index in [-0.39, 0.29) is 5.38 Å². The molecule has 0 spiro atoms. The highest BCUT2D eigenvalue weighted by Crippen LogP contribution is 2.36. The van der Waals surface area contributed by atoms with Crippen LogP contribution in [0.2, 0.25) is 5.02 Å². The number of ether oxygens (including phenoxy) is 1. The van der Waals surface area contributed by atoms with Gasteiger partial charge in [-0.05, 0) is 36.1 Å². The third-order valence-corrected chi connectivity index (χ3v) is 4.28. The summed E-state index contributed by atoms with van der Waals surface area (Å²) in [5.41, 5.74) is 3.36. The second-order valence-electron chi connectivity index (χ2n) is 5.09. The highest BCUT2D eigenvalue weighted by Gasteiger charge is 2.16. The maximum Gasteiger partial charge on any atom is 0.125 e. The van der Waals surface area contributed by atoms with Crippen LogP contribution in [-0.2, 0) is 6.42 Å². The zero-order valence-electron chi connectivity index (χ0n) is 12.4. The van der Waals surface area contributed by atoms with Gasteiger partial charge in [0.05, 0.1) is 12.5 Å². The third-order valence-electron chi connectivity index (χ3n) is 3.56. The first-order chi connectivity index (χ1) is 10.2. The molecule has 112 valence electrons. The standard InChI is InChI=1S/C18H20Cl2O/c1-3-4-5-13-6-8-14(9-7-13)18(20)16-11-10-15(19)12-17(16)21-2/h6-12,18H,3-5H2,1-2H3. The molecule has 1 nitrogen and oxygen atoms in total. The van der Waals surface area contributed by atoms with Crippen molar-refractivity contribution in [3.63, 3.8) is 0 Å². The summed E-state index contributed by atoms with van der Waals surface area (Å²) in [6, 6.07) is 14.1. The molecule has 0 aliphatic carbocycles. The normalized spacial score (nSPS) is 12.2. The fourth-order valence-electron chi connectivity index (χ4n) is 2.31. The second kappa shape index (κ2) is 7.72. The van der Waals surface area contributed by atoms with E-state index in [1.54, 1.807) is 13.2 Å². The van der Waals surface area contributed by atoms with Gasteiger partial charge in [0.2, 0.25) is 0 Å². The Balaban J connectivity index is 2.21. The summed E-state index contributed by atoms with van der Waals surface area (Å²) in [7, 11) is 1.63. The van der Waals surface area contributed by atoms with Crippen LogP contribution in [0.3, 0.4) is 0 Å². The molecule has 0 amide bonds. The molecule has 0 saturated heterocycles. The van der Waals surface area contributed by atoms with E-state index in [9.17, 15) is 0 Å². The zero-order chi connectivity index (χ0) is 15.2. The van der Waals surface area contributed by atoms with Crippen molar-refractivity contribution in [3.05, 3.63) is 64.2 Å². The molecule has 0 aliphatic heterocycles. The molecule has 0 aliphatic rings. The molecule has 1 atom stereocenters. The average Bonchev–Trinajstić information content (AvgIpc) is 2.52. The van der Waals surface area contributed by atoms with Crippen molar-refractivity contribution in [2.45, 2.75) is 31.6 Å². The summed E-state index contributed by atoms with van der Waals surface area (Å²) in [6.45, 7) is 2.20. The second-order valence-corrected chi connectivity index (χ2v) is 5.97. The van der Waals surface area contributed by atoms with Crippen LogP contribution in [0.25, 0.3) is 0 Å². The molecule has 0 N–H and O–H groups in total. The monoisotopic (exact) mass is 322 g/mol. The van der Waals surface area contributed by atoms with Crippen LogP contribution < -0.4 is 4.74 Å². The lowest BCUT2D eigenvalue weighted by atomic mass is 10.0. The molecule has 0 bridgehead atoms. The van der Waals surface area contributed by atoms with Crippen LogP contribution in [0.5, 0.6) is 5.75 Å². The minimum absolute atomic E-state index is 0.238. The average molecular weight is 323 g/mol. The maximum atomic E-state index is 6.60. The van der Waals surface area contributed by atoms with E-state index in [1.807, 2.05) is 12.1 Å². The molecule has 0 aromatic heterocycles. The van der Waals surface area contributed by atoms with Gasteiger partial charge >= 0.3 is 0 Å². The smallest absolute Gasteiger partial charge is 0.125 e. The SMILES string of the molecule is CCCCc1ccc(C(Cl)c2ccc(Cl)cc2OC)cc1. The Morgan fingerprint density at radius 2 is 1.81 bits per heavy atom. The quantitative estimate of drug-likeness (QED) is 0.591. The Morgan fingerprint density at radius 3 is 2.43 bits per heavy atom. The summed E-state index contributed by atoms with van der Waals surface area (Å²) < 4.78 is 5.38. The van der Waals surface area contributed by atoms with Gasteiger partial charge in [0.25, 0.3) is 0 Å². The summed E-state index contributed by atoms with van der Waals surface area (Å²) in [5.74, 6) is 0.720. The summed E-state index contributed by atoms with van der Waals surface area (Å²) >= 11 is 12.6. The molecule has 2 aromatic carbocycles. The van der Waals surface area contributed by atoms with Gasteiger partial charge in [0.1, 0.15) is 5.75 Å². The first-order valence-corrected chi connectivity index (χ1v) is 8.03.